The molecule has 1 atom stereocenters. The molecule has 0 aliphatic carbocycles. The van der Waals surface area contributed by atoms with Crippen molar-refractivity contribution >= 4 is 23.7 Å². The van der Waals surface area contributed by atoms with Gasteiger partial charge in [0.25, 0.3) is 0 Å². The van der Waals surface area contributed by atoms with Crippen molar-refractivity contribution in [2.75, 3.05) is 26.2 Å². The third-order valence-electron chi connectivity index (χ3n) is 5.68. The Balaban J connectivity index is 0.000000495. The summed E-state index contributed by atoms with van der Waals surface area (Å²) in [5, 5.41) is 33.8. The monoisotopic (exact) mass is 547 g/mol. The van der Waals surface area contributed by atoms with E-state index in [4.69, 9.17) is 29.9 Å². The number of hydrogen-bond acceptors (Lipinski definition) is 8. The summed E-state index contributed by atoms with van der Waals surface area (Å²) in [6.07, 6.45) is -2.27. The minimum atomic E-state index is -2.74. The second kappa shape index (κ2) is 16.8. The lowest BCUT2D eigenvalue weighted by Gasteiger charge is -2.21. The molecule has 0 aromatic heterocycles. The van der Waals surface area contributed by atoms with Gasteiger partial charge >= 0.3 is 17.9 Å². The van der Waals surface area contributed by atoms with Crippen LogP contribution in [0.4, 0.5) is 0 Å². The van der Waals surface area contributed by atoms with E-state index in [0.29, 0.717) is 24.5 Å². The van der Waals surface area contributed by atoms with Crippen LogP contribution in [0, 0.1) is 0 Å². The minimum Gasteiger partial charge on any atom is -0.488 e. The van der Waals surface area contributed by atoms with Crippen LogP contribution in [0.25, 0.3) is 0 Å². The van der Waals surface area contributed by atoms with Gasteiger partial charge < -0.3 is 34.8 Å². The Morgan fingerprint density at radius 2 is 1.36 bits per heavy atom. The number of benzene rings is 2. The first-order valence-electron chi connectivity index (χ1n) is 12.5. The van der Waals surface area contributed by atoms with Crippen LogP contribution in [0.5, 0.6) is 11.5 Å². The van der Waals surface area contributed by atoms with E-state index in [-0.39, 0.29) is 5.78 Å². The van der Waals surface area contributed by atoms with E-state index in [1.165, 1.54) is 0 Å². The molecule has 0 amide bonds. The second-order valence-electron chi connectivity index (χ2n) is 8.71. The summed E-state index contributed by atoms with van der Waals surface area (Å²) in [4.78, 5) is 44.9. The molecule has 1 unspecified atom stereocenters. The first-order chi connectivity index (χ1) is 18.4. The summed E-state index contributed by atoms with van der Waals surface area (Å²) in [5.74, 6) is -3.72. The molecule has 0 heterocycles. The Bertz CT molecular complexity index is 1050. The zero-order valence-electron chi connectivity index (χ0n) is 22.4. The van der Waals surface area contributed by atoms with Crippen LogP contribution in [-0.2, 0) is 25.6 Å². The number of carboxylic acid groups (broad SMARTS) is 3. The standard InChI is InChI=1S/C22H29NO3.C6H8O7/c1-4-23(5-2)15-16-25-20-13-9-10-14-21(20)26-22(18(3)24)17-19-11-7-6-8-12-19;7-3(8)1-6(13,5(11)12)2-4(9)10/h6-14,22H,4-5,15-17H2,1-3H3;13H,1-2H2,(H,7,8)(H,9,10)(H,11,12). The van der Waals surface area contributed by atoms with E-state index in [1.54, 1.807) is 6.92 Å². The number of para-hydroxylation sites is 2. The Kier molecular flexibility index (Phi) is 14.2. The number of ketones is 1. The van der Waals surface area contributed by atoms with Crippen LogP contribution in [0.15, 0.2) is 54.6 Å². The predicted octanol–water partition coefficient (Wildman–Crippen LogP) is 2.74. The molecule has 0 saturated carbocycles. The van der Waals surface area contributed by atoms with E-state index >= 15 is 0 Å². The average molecular weight is 548 g/mol. The summed E-state index contributed by atoms with van der Waals surface area (Å²) in [6.45, 7) is 9.30. The Morgan fingerprint density at radius 3 is 1.82 bits per heavy atom. The average Bonchev–Trinajstić information content (AvgIpc) is 2.87. The van der Waals surface area contributed by atoms with Gasteiger partial charge in [-0.05, 0) is 37.7 Å². The van der Waals surface area contributed by atoms with Crippen LogP contribution >= 0.6 is 0 Å². The number of likely N-dealkylation sites (N-methyl/N-ethyl adjacent to an activating group) is 1. The third kappa shape index (κ3) is 12.4. The maximum absolute atomic E-state index is 12.1. The number of carbonyl (C=O) groups excluding carboxylic acids is 1. The fraction of sp³-hybridized carbons (Fsp3) is 0.429. The van der Waals surface area contributed by atoms with E-state index in [1.807, 2.05) is 54.6 Å². The van der Waals surface area contributed by atoms with Gasteiger partial charge in [-0.3, -0.25) is 14.4 Å². The number of carbonyl (C=O) groups is 4. The Hall–Kier alpha value is -3.96. The van der Waals surface area contributed by atoms with Crippen molar-refractivity contribution in [3.63, 3.8) is 0 Å². The molecule has 4 N–H and O–H groups in total. The summed E-state index contributed by atoms with van der Waals surface area (Å²) in [6, 6.07) is 17.5. The fourth-order valence-electron chi connectivity index (χ4n) is 3.46. The number of Topliss-reactive ketones (excluding diaryl/α,β-unsaturated/α-hetero) is 1. The van der Waals surface area contributed by atoms with Crippen LogP contribution in [0.2, 0.25) is 0 Å². The number of aliphatic hydroxyl groups is 1. The summed E-state index contributed by atoms with van der Waals surface area (Å²) in [5.41, 5.74) is -1.66. The molecule has 0 saturated heterocycles. The molecule has 0 fully saturated rings. The van der Waals surface area contributed by atoms with E-state index in [0.717, 1.165) is 25.2 Å². The minimum absolute atomic E-state index is 0.00629. The SMILES string of the molecule is CCN(CC)CCOc1ccccc1OC(Cc1ccccc1)C(C)=O.O=C(O)CC(O)(CC(=O)O)C(=O)O. The lowest BCUT2D eigenvalue weighted by molar-refractivity contribution is -0.170. The normalized spacial score (nSPS) is 11.6. The van der Waals surface area contributed by atoms with Gasteiger partial charge in [-0.15, -0.1) is 0 Å². The highest BCUT2D eigenvalue weighted by atomic mass is 16.5. The number of aliphatic carboxylic acids is 3. The highest BCUT2D eigenvalue weighted by Crippen LogP contribution is 2.28. The fourth-order valence-corrected chi connectivity index (χ4v) is 3.46. The summed E-state index contributed by atoms with van der Waals surface area (Å²) >= 11 is 0. The van der Waals surface area contributed by atoms with Gasteiger partial charge in [0, 0.05) is 13.0 Å². The number of ether oxygens (including phenoxy) is 2. The van der Waals surface area contributed by atoms with Crippen LogP contribution in [0.1, 0.15) is 39.2 Å². The van der Waals surface area contributed by atoms with Gasteiger partial charge in [0.15, 0.2) is 29.0 Å². The van der Waals surface area contributed by atoms with Crippen molar-refractivity contribution in [1.82, 2.24) is 4.90 Å². The van der Waals surface area contributed by atoms with Gasteiger partial charge in [0.2, 0.25) is 0 Å². The molecule has 214 valence electrons. The topological polar surface area (TPSA) is 171 Å². The van der Waals surface area contributed by atoms with Gasteiger partial charge in [0.1, 0.15) is 6.61 Å². The zero-order chi connectivity index (χ0) is 29.4. The summed E-state index contributed by atoms with van der Waals surface area (Å²) in [7, 11) is 0. The van der Waals surface area contributed by atoms with Gasteiger partial charge in [-0.25, -0.2) is 4.79 Å². The van der Waals surface area contributed by atoms with Gasteiger partial charge in [-0.2, -0.15) is 0 Å². The highest BCUT2D eigenvalue weighted by molar-refractivity contribution is 5.88. The molecule has 0 bridgehead atoms. The maximum atomic E-state index is 12.1. The zero-order valence-corrected chi connectivity index (χ0v) is 22.4. The number of hydrogen-bond donors (Lipinski definition) is 4. The molecule has 11 nitrogen and oxygen atoms in total. The number of carboxylic acids is 3. The molecule has 2 aromatic rings. The molecular weight excluding hydrogens is 510 g/mol. The Labute approximate surface area is 227 Å². The first-order valence-corrected chi connectivity index (χ1v) is 12.5. The van der Waals surface area contributed by atoms with Crippen molar-refractivity contribution in [1.29, 1.82) is 0 Å². The van der Waals surface area contributed by atoms with Crippen molar-refractivity contribution < 1.29 is 49.1 Å². The maximum Gasteiger partial charge on any atom is 0.336 e. The first kappa shape index (κ1) is 33.1. The molecule has 2 rings (SSSR count). The third-order valence-corrected chi connectivity index (χ3v) is 5.68. The molecule has 11 heteroatoms. The van der Waals surface area contributed by atoms with Crippen LogP contribution in [-0.4, -0.2) is 87.0 Å². The molecular formula is C28H37NO10. The molecule has 0 radical (unpaired) electrons. The number of nitrogens with zero attached hydrogens (tertiary/aromatic N) is 1. The lowest BCUT2D eigenvalue weighted by atomic mass is 9.96. The largest absolute Gasteiger partial charge is 0.488 e. The molecule has 0 aliphatic heterocycles. The highest BCUT2D eigenvalue weighted by Gasteiger charge is 2.40. The molecule has 0 aliphatic rings. The second-order valence-corrected chi connectivity index (χ2v) is 8.71. The Morgan fingerprint density at radius 1 is 0.846 bits per heavy atom. The van der Waals surface area contributed by atoms with Crippen molar-refractivity contribution in [3.8, 4) is 11.5 Å². The quantitative estimate of drug-likeness (QED) is 0.244. The van der Waals surface area contributed by atoms with Crippen molar-refractivity contribution in [2.24, 2.45) is 0 Å². The van der Waals surface area contributed by atoms with Crippen LogP contribution < -0.4 is 9.47 Å². The molecule has 39 heavy (non-hydrogen) atoms. The molecule has 0 spiro atoms. The smallest absolute Gasteiger partial charge is 0.336 e. The number of rotatable bonds is 16. The van der Waals surface area contributed by atoms with Gasteiger partial charge in [-0.1, -0.05) is 56.3 Å². The van der Waals surface area contributed by atoms with Crippen molar-refractivity contribution in [3.05, 3.63) is 60.2 Å². The van der Waals surface area contributed by atoms with E-state index < -0.39 is 42.5 Å². The molecule has 2 aromatic carbocycles. The summed E-state index contributed by atoms with van der Waals surface area (Å²) < 4.78 is 12.0. The lowest BCUT2D eigenvalue weighted by Crippen LogP contribution is -2.42. The predicted molar refractivity (Wildman–Crippen MR) is 142 cm³/mol. The van der Waals surface area contributed by atoms with Crippen LogP contribution in [0.3, 0.4) is 0 Å². The van der Waals surface area contributed by atoms with Crippen molar-refractivity contribution in [2.45, 2.75) is 51.7 Å². The van der Waals surface area contributed by atoms with E-state index in [2.05, 4.69) is 18.7 Å². The van der Waals surface area contributed by atoms with E-state index in [9.17, 15) is 19.2 Å². The van der Waals surface area contributed by atoms with Gasteiger partial charge in [0.05, 0.1) is 12.8 Å².